The molecule has 6 heteroatoms. The highest BCUT2D eigenvalue weighted by Crippen LogP contribution is 2.55. The second-order valence-electron chi connectivity index (χ2n) is 8.58. The Balaban J connectivity index is 1.21. The fourth-order valence-electron chi connectivity index (χ4n) is 4.90. The number of aryl methyl sites for hydroxylation is 1. The SMILES string of the molecule is COc1ccc(NC2=CC23CCC(N2Cc4c(C)cccc4NC2=O)CC3)cc1Cl. The number of carbonyl (C=O) groups is 1. The first-order valence-electron chi connectivity index (χ1n) is 10.5. The van der Waals surface area contributed by atoms with Crippen LogP contribution in [-0.4, -0.2) is 24.1 Å². The van der Waals surface area contributed by atoms with Crippen molar-refractivity contribution >= 4 is 29.0 Å². The van der Waals surface area contributed by atoms with Gasteiger partial charge in [-0.15, -0.1) is 0 Å². The number of halogens is 1. The molecule has 5 nitrogen and oxygen atoms in total. The van der Waals surface area contributed by atoms with Gasteiger partial charge in [0.15, 0.2) is 0 Å². The summed E-state index contributed by atoms with van der Waals surface area (Å²) >= 11 is 6.25. The number of ether oxygens (including phenoxy) is 1. The van der Waals surface area contributed by atoms with Crippen molar-refractivity contribution in [2.45, 2.75) is 45.2 Å². The number of rotatable bonds is 4. The van der Waals surface area contributed by atoms with Crippen LogP contribution in [0.5, 0.6) is 5.75 Å². The highest BCUT2D eigenvalue weighted by molar-refractivity contribution is 6.32. The third-order valence-corrected chi connectivity index (χ3v) is 7.13. The Labute approximate surface area is 182 Å². The Morgan fingerprint density at radius 3 is 2.77 bits per heavy atom. The van der Waals surface area contributed by atoms with Crippen LogP contribution >= 0.6 is 11.6 Å². The van der Waals surface area contributed by atoms with Crippen molar-refractivity contribution in [3.8, 4) is 5.75 Å². The Kier molecular flexibility index (Phi) is 4.66. The summed E-state index contributed by atoms with van der Waals surface area (Å²) in [6.45, 7) is 2.82. The van der Waals surface area contributed by atoms with Gasteiger partial charge in [-0.3, -0.25) is 0 Å². The van der Waals surface area contributed by atoms with E-state index in [9.17, 15) is 4.79 Å². The van der Waals surface area contributed by atoms with Gasteiger partial charge in [0, 0.05) is 28.5 Å². The van der Waals surface area contributed by atoms with E-state index in [1.54, 1.807) is 7.11 Å². The first kappa shape index (κ1) is 19.3. The fraction of sp³-hybridized carbons (Fsp3) is 0.375. The first-order chi connectivity index (χ1) is 14.5. The predicted molar refractivity (Wildman–Crippen MR) is 120 cm³/mol. The largest absolute Gasteiger partial charge is 0.495 e. The maximum absolute atomic E-state index is 12.7. The van der Waals surface area contributed by atoms with Crippen LogP contribution in [0.15, 0.2) is 48.2 Å². The van der Waals surface area contributed by atoms with E-state index in [-0.39, 0.29) is 17.5 Å². The third kappa shape index (κ3) is 3.31. The molecule has 3 aliphatic rings. The van der Waals surface area contributed by atoms with Gasteiger partial charge in [-0.1, -0.05) is 29.8 Å². The molecule has 1 heterocycles. The molecule has 0 radical (unpaired) electrons. The molecule has 1 aliphatic heterocycles. The van der Waals surface area contributed by atoms with Gasteiger partial charge in [0.25, 0.3) is 0 Å². The molecule has 0 saturated heterocycles. The smallest absolute Gasteiger partial charge is 0.322 e. The number of anilines is 2. The quantitative estimate of drug-likeness (QED) is 0.639. The maximum atomic E-state index is 12.7. The summed E-state index contributed by atoms with van der Waals surface area (Å²) in [5, 5.41) is 7.20. The second kappa shape index (κ2) is 7.24. The fourth-order valence-corrected chi connectivity index (χ4v) is 5.15. The number of urea groups is 1. The molecular formula is C24H26ClN3O2. The van der Waals surface area contributed by atoms with E-state index >= 15 is 0 Å². The number of fused-ring (bicyclic) bond motifs is 1. The van der Waals surface area contributed by atoms with E-state index in [1.807, 2.05) is 35.2 Å². The van der Waals surface area contributed by atoms with Gasteiger partial charge in [-0.25, -0.2) is 4.79 Å². The monoisotopic (exact) mass is 423 g/mol. The Hall–Kier alpha value is -2.66. The number of carbonyl (C=O) groups excluding carboxylic acids is 1. The normalized spacial score (nSPS) is 24.8. The summed E-state index contributed by atoms with van der Waals surface area (Å²) in [5.41, 5.74) is 5.83. The van der Waals surface area contributed by atoms with Gasteiger partial charge < -0.3 is 20.3 Å². The van der Waals surface area contributed by atoms with Crippen molar-refractivity contribution in [3.63, 3.8) is 0 Å². The molecule has 1 spiro atoms. The molecule has 156 valence electrons. The number of amides is 2. The number of nitrogens with zero attached hydrogens (tertiary/aromatic N) is 1. The summed E-state index contributed by atoms with van der Waals surface area (Å²) in [4.78, 5) is 14.7. The summed E-state index contributed by atoms with van der Waals surface area (Å²) in [6, 6.07) is 12.2. The maximum Gasteiger partial charge on any atom is 0.322 e. The number of hydrogen-bond donors (Lipinski definition) is 2. The zero-order valence-corrected chi connectivity index (χ0v) is 18.1. The lowest BCUT2D eigenvalue weighted by atomic mass is 9.80. The van der Waals surface area contributed by atoms with Gasteiger partial charge in [0.05, 0.1) is 18.7 Å². The highest BCUT2D eigenvalue weighted by Gasteiger charge is 2.48. The molecule has 2 N–H and O–H groups in total. The zero-order valence-electron chi connectivity index (χ0n) is 17.3. The Morgan fingerprint density at radius 2 is 2.03 bits per heavy atom. The molecule has 0 atom stereocenters. The van der Waals surface area contributed by atoms with Crippen LogP contribution in [0, 0.1) is 12.3 Å². The first-order valence-corrected chi connectivity index (χ1v) is 10.9. The van der Waals surface area contributed by atoms with Crippen LogP contribution in [-0.2, 0) is 6.54 Å². The number of nitrogens with one attached hydrogen (secondary N) is 2. The summed E-state index contributed by atoms with van der Waals surface area (Å²) in [5.74, 6) is 0.679. The molecule has 0 aromatic heterocycles. The van der Waals surface area contributed by atoms with Gasteiger partial charge in [-0.05, 0) is 68.0 Å². The number of methoxy groups -OCH3 is 1. The lowest BCUT2D eigenvalue weighted by Gasteiger charge is -2.40. The van der Waals surface area contributed by atoms with Crippen molar-refractivity contribution in [1.29, 1.82) is 0 Å². The van der Waals surface area contributed by atoms with E-state index in [1.165, 1.54) is 16.8 Å². The topological polar surface area (TPSA) is 53.6 Å². The molecule has 5 rings (SSSR count). The van der Waals surface area contributed by atoms with Gasteiger partial charge in [-0.2, -0.15) is 0 Å². The lowest BCUT2D eigenvalue weighted by Crippen LogP contribution is -2.47. The predicted octanol–water partition coefficient (Wildman–Crippen LogP) is 5.94. The standard InChI is InChI=1S/C24H26ClN3O2/c1-15-4-3-5-20-18(15)14-28(23(29)27-20)17-8-10-24(11-9-17)13-22(24)26-16-6-7-21(30-2)19(25)12-16/h3-7,12-13,17,26H,8-11,14H2,1-2H3,(H,27,29). The summed E-state index contributed by atoms with van der Waals surface area (Å²) < 4.78 is 5.23. The summed E-state index contributed by atoms with van der Waals surface area (Å²) in [7, 11) is 1.62. The Bertz CT molecular complexity index is 1040. The molecule has 0 unspecified atom stereocenters. The molecule has 2 amide bonds. The third-order valence-electron chi connectivity index (χ3n) is 6.83. The van der Waals surface area contributed by atoms with Gasteiger partial charge in [0.1, 0.15) is 5.75 Å². The van der Waals surface area contributed by atoms with E-state index < -0.39 is 0 Å². The molecule has 2 aromatic rings. The van der Waals surface area contributed by atoms with E-state index in [0.29, 0.717) is 17.3 Å². The number of benzene rings is 2. The van der Waals surface area contributed by atoms with Crippen LogP contribution < -0.4 is 15.4 Å². The minimum absolute atomic E-state index is 0.0315. The van der Waals surface area contributed by atoms with Crippen molar-refractivity contribution in [2.75, 3.05) is 17.7 Å². The molecular weight excluding hydrogens is 398 g/mol. The zero-order chi connectivity index (χ0) is 20.9. The van der Waals surface area contributed by atoms with Crippen LogP contribution in [0.2, 0.25) is 5.02 Å². The van der Waals surface area contributed by atoms with Crippen molar-refractivity contribution in [1.82, 2.24) is 4.90 Å². The molecule has 0 bridgehead atoms. The minimum atomic E-state index is 0.0315. The molecule has 1 saturated carbocycles. The Morgan fingerprint density at radius 1 is 1.23 bits per heavy atom. The number of allylic oxidation sites excluding steroid dienone is 2. The van der Waals surface area contributed by atoms with Crippen LogP contribution in [0.4, 0.5) is 16.2 Å². The van der Waals surface area contributed by atoms with Crippen molar-refractivity contribution in [2.24, 2.45) is 5.41 Å². The average Bonchev–Trinajstić information content (AvgIpc) is 3.39. The second-order valence-corrected chi connectivity index (χ2v) is 8.99. The van der Waals surface area contributed by atoms with E-state index in [0.717, 1.165) is 37.1 Å². The summed E-state index contributed by atoms with van der Waals surface area (Å²) in [6.07, 6.45) is 6.49. The van der Waals surface area contributed by atoms with Crippen LogP contribution in [0.25, 0.3) is 0 Å². The minimum Gasteiger partial charge on any atom is -0.495 e. The van der Waals surface area contributed by atoms with Crippen molar-refractivity contribution in [3.05, 3.63) is 64.3 Å². The van der Waals surface area contributed by atoms with Crippen LogP contribution in [0.3, 0.4) is 0 Å². The number of hydrogen-bond acceptors (Lipinski definition) is 3. The molecule has 30 heavy (non-hydrogen) atoms. The van der Waals surface area contributed by atoms with Crippen molar-refractivity contribution < 1.29 is 9.53 Å². The van der Waals surface area contributed by atoms with Gasteiger partial charge in [0.2, 0.25) is 0 Å². The highest BCUT2D eigenvalue weighted by atomic mass is 35.5. The van der Waals surface area contributed by atoms with E-state index in [2.05, 4.69) is 29.7 Å². The molecule has 1 fully saturated rings. The van der Waals surface area contributed by atoms with E-state index in [4.69, 9.17) is 16.3 Å². The van der Waals surface area contributed by atoms with Crippen LogP contribution in [0.1, 0.15) is 36.8 Å². The molecule has 2 aliphatic carbocycles. The molecule has 2 aromatic carbocycles. The lowest BCUT2D eigenvalue weighted by molar-refractivity contribution is 0.145. The average molecular weight is 424 g/mol. The van der Waals surface area contributed by atoms with Gasteiger partial charge >= 0.3 is 6.03 Å².